The summed E-state index contributed by atoms with van der Waals surface area (Å²) in [6.45, 7) is 0.324. The highest BCUT2D eigenvalue weighted by molar-refractivity contribution is 5.79. The summed E-state index contributed by atoms with van der Waals surface area (Å²) < 4.78 is 19.5. The number of pyridine rings is 1. The lowest BCUT2D eigenvalue weighted by Gasteiger charge is -2.33. The van der Waals surface area contributed by atoms with Gasteiger partial charge in [-0.1, -0.05) is 60.7 Å². The average Bonchev–Trinajstić information content (AvgIpc) is 3.28. The SMILES string of the molecule is O=C(OCC1c2ccccc2-c2ccccc21)N1C2C=C(c3cccc(F)n3)CC1CC2. The summed E-state index contributed by atoms with van der Waals surface area (Å²) in [5.41, 5.74) is 6.54. The van der Waals surface area contributed by atoms with Gasteiger partial charge >= 0.3 is 6.09 Å². The first kappa shape index (κ1) is 19.2. The lowest BCUT2D eigenvalue weighted by Crippen LogP contribution is -2.43. The number of carbonyl (C=O) groups is 1. The van der Waals surface area contributed by atoms with Crippen LogP contribution in [0.25, 0.3) is 16.7 Å². The van der Waals surface area contributed by atoms with Gasteiger partial charge in [-0.05, 0) is 59.2 Å². The van der Waals surface area contributed by atoms with Crippen LogP contribution in [0.15, 0.2) is 72.8 Å². The minimum Gasteiger partial charge on any atom is -0.448 e. The predicted molar refractivity (Wildman–Crippen MR) is 121 cm³/mol. The molecule has 0 saturated carbocycles. The Morgan fingerprint density at radius 3 is 2.38 bits per heavy atom. The van der Waals surface area contributed by atoms with Crippen LogP contribution in [0.4, 0.5) is 9.18 Å². The van der Waals surface area contributed by atoms with E-state index in [4.69, 9.17) is 4.74 Å². The molecule has 2 bridgehead atoms. The Bertz CT molecular complexity index is 1190. The number of amides is 1. The molecule has 1 saturated heterocycles. The summed E-state index contributed by atoms with van der Waals surface area (Å²) in [5, 5.41) is 0. The molecule has 6 rings (SSSR count). The number of hydrogen-bond donors (Lipinski definition) is 0. The first-order chi connectivity index (χ1) is 15.7. The molecule has 2 aliphatic heterocycles. The number of halogens is 1. The first-order valence-electron chi connectivity index (χ1n) is 11.2. The van der Waals surface area contributed by atoms with Crippen molar-refractivity contribution < 1.29 is 13.9 Å². The lowest BCUT2D eigenvalue weighted by molar-refractivity contribution is 0.0866. The third-order valence-electron chi connectivity index (χ3n) is 6.99. The molecule has 32 heavy (non-hydrogen) atoms. The largest absolute Gasteiger partial charge is 0.448 e. The van der Waals surface area contributed by atoms with Gasteiger partial charge < -0.3 is 4.74 Å². The molecule has 5 heteroatoms. The maximum Gasteiger partial charge on any atom is 0.410 e. The van der Waals surface area contributed by atoms with Crippen molar-refractivity contribution in [3.05, 3.63) is 95.6 Å². The number of hydrogen-bond acceptors (Lipinski definition) is 3. The summed E-state index contributed by atoms with van der Waals surface area (Å²) in [6.07, 6.45) is 4.30. The van der Waals surface area contributed by atoms with Crippen LogP contribution in [0.1, 0.15) is 42.0 Å². The third-order valence-corrected chi connectivity index (χ3v) is 6.99. The van der Waals surface area contributed by atoms with Gasteiger partial charge in [-0.2, -0.15) is 4.39 Å². The van der Waals surface area contributed by atoms with Crippen molar-refractivity contribution in [1.82, 2.24) is 9.88 Å². The summed E-state index contributed by atoms with van der Waals surface area (Å²) in [5.74, 6) is -0.425. The molecular weight excluding hydrogens is 403 g/mol. The molecule has 3 aliphatic rings. The molecule has 3 heterocycles. The Balaban J connectivity index is 1.20. The van der Waals surface area contributed by atoms with Crippen LogP contribution in [0.2, 0.25) is 0 Å². The molecule has 0 radical (unpaired) electrons. The third kappa shape index (κ3) is 3.11. The molecule has 1 amide bonds. The van der Waals surface area contributed by atoms with Crippen molar-refractivity contribution in [3.63, 3.8) is 0 Å². The van der Waals surface area contributed by atoms with E-state index in [2.05, 4.69) is 35.3 Å². The molecule has 0 spiro atoms. The van der Waals surface area contributed by atoms with Crippen molar-refractivity contribution >= 4 is 11.7 Å². The van der Waals surface area contributed by atoms with Crippen molar-refractivity contribution in [2.45, 2.75) is 37.3 Å². The number of aromatic nitrogens is 1. The number of rotatable bonds is 3. The van der Waals surface area contributed by atoms with E-state index in [1.165, 1.54) is 28.3 Å². The van der Waals surface area contributed by atoms with Crippen LogP contribution in [0.3, 0.4) is 0 Å². The van der Waals surface area contributed by atoms with Crippen molar-refractivity contribution in [3.8, 4) is 11.1 Å². The highest BCUT2D eigenvalue weighted by atomic mass is 19.1. The number of carbonyl (C=O) groups excluding carboxylic acids is 1. The zero-order valence-corrected chi connectivity index (χ0v) is 17.6. The Hall–Kier alpha value is -3.47. The molecule has 1 aliphatic carbocycles. The minimum atomic E-state index is -0.477. The number of fused-ring (bicyclic) bond motifs is 5. The summed E-state index contributed by atoms with van der Waals surface area (Å²) >= 11 is 0. The van der Waals surface area contributed by atoms with Gasteiger partial charge in [0.2, 0.25) is 5.95 Å². The smallest absolute Gasteiger partial charge is 0.410 e. The van der Waals surface area contributed by atoms with Crippen LogP contribution < -0.4 is 0 Å². The molecule has 4 nitrogen and oxygen atoms in total. The molecule has 0 N–H and O–H groups in total. The summed E-state index contributed by atoms with van der Waals surface area (Å²) in [4.78, 5) is 19.0. The fraction of sp³-hybridized carbons (Fsp3) is 0.259. The van der Waals surface area contributed by atoms with E-state index in [1.54, 1.807) is 6.07 Å². The van der Waals surface area contributed by atoms with E-state index in [0.29, 0.717) is 18.7 Å². The van der Waals surface area contributed by atoms with Gasteiger partial charge in [-0.15, -0.1) is 0 Å². The normalized spacial score (nSPS) is 21.2. The maximum atomic E-state index is 13.6. The predicted octanol–water partition coefficient (Wildman–Crippen LogP) is 5.79. The first-order valence-corrected chi connectivity index (χ1v) is 11.2. The molecular formula is C27H23FN2O2. The number of ether oxygens (including phenoxy) is 1. The van der Waals surface area contributed by atoms with Gasteiger partial charge in [0.25, 0.3) is 0 Å². The number of benzene rings is 2. The van der Waals surface area contributed by atoms with Gasteiger partial charge in [0.05, 0.1) is 11.7 Å². The second kappa shape index (κ2) is 7.59. The van der Waals surface area contributed by atoms with Crippen LogP contribution in [0.5, 0.6) is 0 Å². The average molecular weight is 426 g/mol. The Kier molecular flexibility index (Phi) is 4.56. The van der Waals surface area contributed by atoms with Gasteiger partial charge in [-0.25, -0.2) is 9.78 Å². The highest BCUT2D eigenvalue weighted by Crippen LogP contribution is 2.45. The van der Waals surface area contributed by atoms with Gasteiger partial charge in [0.1, 0.15) is 6.61 Å². The van der Waals surface area contributed by atoms with E-state index in [0.717, 1.165) is 18.4 Å². The Labute approximate surface area is 186 Å². The van der Waals surface area contributed by atoms with Crippen LogP contribution in [0, 0.1) is 5.95 Å². The fourth-order valence-corrected chi connectivity index (χ4v) is 5.56. The van der Waals surface area contributed by atoms with E-state index < -0.39 is 5.95 Å². The van der Waals surface area contributed by atoms with Crippen molar-refractivity contribution in [1.29, 1.82) is 0 Å². The molecule has 1 aromatic heterocycles. The van der Waals surface area contributed by atoms with Crippen molar-refractivity contribution in [2.75, 3.05) is 6.61 Å². The molecule has 2 aromatic carbocycles. The second-order valence-electron chi connectivity index (χ2n) is 8.75. The van der Waals surface area contributed by atoms with Crippen LogP contribution in [-0.4, -0.2) is 34.7 Å². The van der Waals surface area contributed by atoms with E-state index in [9.17, 15) is 9.18 Å². The zero-order valence-electron chi connectivity index (χ0n) is 17.6. The van der Waals surface area contributed by atoms with Crippen LogP contribution in [-0.2, 0) is 4.74 Å². The fourth-order valence-electron chi connectivity index (χ4n) is 5.56. The topological polar surface area (TPSA) is 42.4 Å². The monoisotopic (exact) mass is 426 g/mol. The van der Waals surface area contributed by atoms with Gasteiger partial charge in [0.15, 0.2) is 0 Å². The summed E-state index contributed by atoms with van der Waals surface area (Å²) in [7, 11) is 0. The van der Waals surface area contributed by atoms with Crippen LogP contribution >= 0.6 is 0 Å². The van der Waals surface area contributed by atoms with Gasteiger partial charge in [0, 0.05) is 12.0 Å². The lowest BCUT2D eigenvalue weighted by atomic mass is 9.98. The molecule has 3 aromatic rings. The van der Waals surface area contributed by atoms with E-state index >= 15 is 0 Å². The van der Waals surface area contributed by atoms with E-state index in [1.807, 2.05) is 35.2 Å². The number of nitrogens with zero attached hydrogens (tertiary/aromatic N) is 2. The van der Waals surface area contributed by atoms with Crippen molar-refractivity contribution in [2.24, 2.45) is 0 Å². The summed E-state index contributed by atoms with van der Waals surface area (Å²) in [6, 6.07) is 21.6. The molecule has 2 atom stereocenters. The van der Waals surface area contributed by atoms with Gasteiger partial charge in [-0.3, -0.25) is 4.90 Å². The van der Waals surface area contributed by atoms with E-state index in [-0.39, 0.29) is 24.1 Å². The molecule has 2 unspecified atom stereocenters. The second-order valence-corrected chi connectivity index (χ2v) is 8.75. The quantitative estimate of drug-likeness (QED) is 0.498. The minimum absolute atomic E-state index is 0.0236. The Morgan fingerprint density at radius 1 is 0.969 bits per heavy atom. The zero-order chi connectivity index (χ0) is 21.7. The molecule has 160 valence electrons. The maximum absolute atomic E-state index is 13.6. The standard InChI is InChI=1S/C27H23FN2O2/c28-26-11-5-10-25(29-26)17-14-18-12-13-19(15-17)30(18)27(31)32-16-24-22-8-3-1-6-20(22)21-7-2-4-9-23(21)24/h1-11,14,18-19,24H,12-13,15-16H2. The highest BCUT2D eigenvalue weighted by Gasteiger charge is 2.41. The Morgan fingerprint density at radius 2 is 1.69 bits per heavy atom. The molecule has 1 fully saturated rings.